The van der Waals surface area contributed by atoms with Gasteiger partial charge in [-0.25, -0.2) is 18.4 Å². The van der Waals surface area contributed by atoms with E-state index in [9.17, 15) is 18.3 Å². The van der Waals surface area contributed by atoms with Crippen LogP contribution in [0.15, 0.2) is 28.9 Å². The maximum Gasteiger partial charge on any atom is 0.337 e. The molecule has 2 rings (SSSR count). The van der Waals surface area contributed by atoms with Crippen molar-refractivity contribution >= 4 is 33.3 Å². The minimum Gasteiger partial charge on any atom is -0.496 e. The Morgan fingerprint density at radius 3 is 2.71 bits per heavy atom. The van der Waals surface area contributed by atoms with E-state index in [1.807, 2.05) is 6.08 Å². The van der Waals surface area contributed by atoms with Gasteiger partial charge in [-0.15, -0.1) is 0 Å². The van der Waals surface area contributed by atoms with Crippen molar-refractivity contribution in [2.75, 3.05) is 18.5 Å². The summed E-state index contributed by atoms with van der Waals surface area (Å²) in [6.45, 7) is 0.874. The Balaban J connectivity index is 2.36. The second-order valence-electron chi connectivity index (χ2n) is 4.34. The topological polar surface area (TPSA) is 119 Å². The van der Waals surface area contributed by atoms with E-state index in [-0.39, 0.29) is 22.8 Å². The molecule has 7 nitrogen and oxygen atoms in total. The molecule has 1 aromatic carbocycles. The average molecular weight is 333 g/mol. The molecule has 114 valence electrons. The molecule has 0 saturated carbocycles. The number of anilines is 1. The number of carbonyl (C=O) groups is 1. The number of nitrogens with two attached hydrogens (primary N) is 1. The van der Waals surface area contributed by atoms with E-state index in [4.69, 9.17) is 21.5 Å². The molecule has 0 aliphatic carbocycles. The normalized spacial score (nSPS) is 14.5. The van der Waals surface area contributed by atoms with Gasteiger partial charge in [-0.2, -0.15) is 0 Å². The van der Waals surface area contributed by atoms with Crippen LogP contribution >= 0.6 is 11.6 Å². The van der Waals surface area contributed by atoms with E-state index in [0.29, 0.717) is 12.4 Å². The molecule has 0 bridgehead atoms. The van der Waals surface area contributed by atoms with Crippen LogP contribution in [0.2, 0.25) is 5.02 Å². The Labute approximate surface area is 126 Å². The zero-order valence-electron chi connectivity index (χ0n) is 10.8. The number of primary sulfonamides is 1. The van der Waals surface area contributed by atoms with Gasteiger partial charge in [0.1, 0.15) is 10.7 Å². The average Bonchev–Trinajstić information content (AvgIpc) is 2.87. The number of halogens is 1. The molecular weight excluding hydrogens is 320 g/mol. The molecule has 1 heterocycles. The van der Waals surface area contributed by atoms with Gasteiger partial charge in [0.15, 0.2) is 0 Å². The van der Waals surface area contributed by atoms with Crippen LogP contribution in [0.5, 0.6) is 0 Å². The van der Waals surface area contributed by atoms with Crippen LogP contribution in [-0.4, -0.2) is 32.6 Å². The van der Waals surface area contributed by atoms with Crippen molar-refractivity contribution in [1.82, 2.24) is 0 Å². The highest BCUT2D eigenvalue weighted by Gasteiger charge is 2.20. The third kappa shape index (κ3) is 3.66. The molecule has 1 aliphatic heterocycles. The molecule has 0 unspecified atom stereocenters. The van der Waals surface area contributed by atoms with Crippen LogP contribution in [0.3, 0.4) is 0 Å². The summed E-state index contributed by atoms with van der Waals surface area (Å²) in [7, 11) is -4.10. The van der Waals surface area contributed by atoms with Crippen LogP contribution < -0.4 is 10.5 Å². The summed E-state index contributed by atoms with van der Waals surface area (Å²) >= 11 is 5.85. The van der Waals surface area contributed by atoms with Crippen LogP contribution in [0, 0.1) is 0 Å². The van der Waals surface area contributed by atoms with Crippen molar-refractivity contribution in [3.8, 4) is 0 Å². The number of sulfonamides is 1. The lowest BCUT2D eigenvalue weighted by atomic mass is 10.1. The van der Waals surface area contributed by atoms with Gasteiger partial charge in [-0.05, 0) is 18.2 Å². The quantitative estimate of drug-likeness (QED) is 0.750. The SMILES string of the molecule is NS(=O)(=O)c1cc(C(=O)O)c(NCC2=CCCO2)cc1Cl. The molecule has 1 aromatic rings. The highest BCUT2D eigenvalue weighted by atomic mass is 35.5. The predicted molar refractivity (Wildman–Crippen MR) is 76.9 cm³/mol. The standard InChI is InChI=1S/C12H13ClN2O5S/c13-9-5-10(15-6-7-2-1-3-20-7)8(12(16)17)4-11(9)21(14,18)19/h2,4-5,15H,1,3,6H2,(H,16,17)(H2,14,18,19). The first-order valence-corrected chi connectivity index (χ1v) is 7.87. The highest BCUT2D eigenvalue weighted by molar-refractivity contribution is 7.89. The van der Waals surface area contributed by atoms with Crippen LogP contribution in [0.25, 0.3) is 0 Å². The van der Waals surface area contributed by atoms with Crippen molar-refractivity contribution < 1.29 is 23.1 Å². The fraction of sp³-hybridized carbons (Fsp3) is 0.250. The first kappa shape index (κ1) is 15.6. The molecule has 21 heavy (non-hydrogen) atoms. The lowest BCUT2D eigenvalue weighted by Gasteiger charge is -2.13. The van der Waals surface area contributed by atoms with Gasteiger partial charge in [-0.3, -0.25) is 0 Å². The minimum atomic E-state index is -4.10. The van der Waals surface area contributed by atoms with Crippen molar-refractivity contribution in [1.29, 1.82) is 0 Å². The van der Waals surface area contributed by atoms with E-state index in [2.05, 4.69) is 5.32 Å². The zero-order valence-corrected chi connectivity index (χ0v) is 12.4. The number of rotatable bonds is 5. The van der Waals surface area contributed by atoms with E-state index in [1.165, 1.54) is 6.07 Å². The second-order valence-corrected chi connectivity index (χ2v) is 6.28. The number of nitrogens with one attached hydrogen (secondary N) is 1. The van der Waals surface area contributed by atoms with E-state index < -0.39 is 20.9 Å². The predicted octanol–water partition coefficient (Wildman–Crippen LogP) is 1.40. The summed E-state index contributed by atoms with van der Waals surface area (Å²) < 4.78 is 28.0. The van der Waals surface area contributed by atoms with Crippen LogP contribution in [0.1, 0.15) is 16.8 Å². The van der Waals surface area contributed by atoms with E-state index >= 15 is 0 Å². The Morgan fingerprint density at radius 1 is 1.48 bits per heavy atom. The van der Waals surface area contributed by atoms with E-state index in [1.54, 1.807) is 0 Å². The Bertz CT molecular complexity index is 715. The van der Waals surface area contributed by atoms with E-state index in [0.717, 1.165) is 12.5 Å². The fourth-order valence-corrected chi connectivity index (χ4v) is 2.97. The number of carboxylic acid groups (broad SMARTS) is 1. The van der Waals surface area contributed by atoms with Gasteiger partial charge in [-0.1, -0.05) is 11.6 Å². The van der Waals surface area contributed by atoms with Crippen LogP contribution in [0.4, 0.5) is 5.69 Å². The molecule has 0 aromatic heterocycles. The maximum atomic E-state index is 11.4. The maximum absolute atomic E-state index is 11.4. The second kappa shape index (κ2) is 5.92. The fourth-order valence-electron chi connectivity index (χ4n) is 1.87. The van der Waals surface area contributed by atoms with Gasteiger partial charge in [0.2, 0.25) is 10.0 Å². The van der Waals surface area contributed by atoms with Crippen molar-refractivity contribution in [3.05, 3.63) is 34.6 Å². The smallest absolute Gasteiger partial charge is 0.337 e. The lowest BCUT2D eigenvalue weighted by Crippen LogP contribution is -2.16. The number of hydrogen-bond acceptors (Lipinski definition) is 5. The Hall–Kier alpha value is -1.77. The van der Waals surface area contributed by atoms with Gasteiger partial charge < -0.3 is 15.2 Å². The third-order valence-electron chi connectivity index (χ3n) is 2.84. The van der Waals surface area contributed by atoms with Gasteiger partial charge in [0, 0.05) is 6.42 Å². The molecule has 0 atom stereocenters. The summed E-state index contributed by atoms with van der Waals surface area (Å²) in [4.78, 5) is 10.8. The monoisotopic (exact) mass is 332 g/mol. The van der Waals surface area contributed by atoms with Crippen molar-refractivity contribution in [3.63, 3.8) is 0 Å². The van der Waals surface area contributed by atoms with Crippen molar-refractivity contribution in [2.45, 2.75) is 11.3 Å². The highest BCUT2D eigenvalue weighted by Crippen LogP contribution is 2.28. The number of benzene rings is 1. The number of ether oxygens (including phenoxy) is 1. The van der Waals surface area contributed by atoms with Crippen LogP contribution in [-0.2, 0) is 14.8 Å². The largest absolute Gasteiger partial charge is 0.496 e. The summed E-state index contributed by atoms with van der Waals surface area (Å²) in [6, 6.07) is 2.16. The zero-order chi connectivity index (χ0) is 15.6. The summed E-state index contributed by atoms with van der Waals surface area (Å²) in [5.74, 6) is -0.599. The molecule has 1 aliphatic rings. The minimum absolute atomic E-state index is 0.147. The summed E-state index contributed by atoms with van der Waals surface area (Å²) in [5, 5.41) is 16.9. The third-order valence-corrected chi connectivity index (χ3v) is 4.21. The molecule has 0 spiro atoms. The number of aromatic carboxylic acids is 1. The van der Waals surface area contributed by atoms with Gasteiger partial charge >= 0.3 is 5.97 Å². The Morgan fingerprint density at radius 2 is 2.19 bits per heavy atom. The summed E-state index contributed by atoms with van der Waals surface area (Å²) in [5.41, 5.74) is -0.0432. The van der Waals surface area contributed by atoms with Gasteiger partial charge in [0.05, 0.1) is 29.4 Å². The molecule has 0 saturated heterocycles. The Kier molecular flexibility index (Phi) is 4.40. The first-order valence-electron chi connectivity index (χ1n) is 5.94. The summed E-state index contributed by atoms with van der Waals surface area (Å²) in [6.07, 6.45) is 2.68. The number of carboxylic acids is 1. The number of hydrogen-bond donors (Lipinski definition) is 3. The molecule has 4 N–H and O–H groups in total. The molecule has 9 heteroatoms. The lowest BCUT2D eigenvalue weighted by molar-refractivity contribution is 0.0697. The van der Waals surface area contributed by atoms with Gasteiger partial charge in [0.25, 0.3) is 0 Å². The first-order chi connectivity index (χ1) is 9.79. The molecular formula is C12H13ClN2O5S. The van der Waals surface area contributed by atoms with Crippen molar-refractivity contribution in [2.24, 2.45) is 5.14 Å². The molecule has 0 radical (unpaired) electrons. The molecule has 0 amide bonds. The molecule has 0 fully saturated rings.